The van der Waals surface area contributed by atoms with Gasteiger partial charge in [-0.05, 0) is 29.8 Å². The quantitative estimate of drug-likeness (QED) is 0.582. The molecule has 0 fully saturated rings. The molecule has 0 aliphatic rings. The zero-order valence-corrected chi connectivity index (χ0v) is 13.6. The first-order valence-corrected chi connectivity index (χ1v) is 7.95. The van der Waals surface area contributed by atoms with Gasteiger partial charge in [-0.2, -0.15) is 0 Å². The lowest BCUT2D eigenvalue weighted by Gasteiger charge is -2.07. The monoisotopic (exact) mass is 327 g/mol. The second-order valence-electron chi connectivity index (χ2n) is 5.37. The summed E-state index contributed by atoms with van der Waals surface area (Å²) < 4.78 is 0. The molecule has 0 radical (unpaired) electrons. The molecule has 3 nitrogen and oxygen atoms in total. The van der Waals surface area contributed by atoms with Crippen LogP contribution in [-0.2, 0) is 11.4 Å². The second-order valence-corrected chi connectivity index (χ2v) is 5.37. The lowest BCUT2D eigenvalue weighted by molar-refractivity contribution is 0.0233. The van der Waals surface area contributed by atoms with E-state index in [1.54, 1.807) is 12.1 Å². The Labute approximate surface area is 147 Å². The molecule has 0 aromatic heterocycles. The molecular weight excluding hydrogens is 310 g/mol. The smallest absolute Gasteiger partial charge is 0.269 e. The average molecular weight is 327 g/mol. The predicted molar refractivity (Wildman–Crippen MR) is 97.6 cm³/mol. The van der Waals surface area contributed by atoms with Crippen LogP contribution in [0.5, 0.6) is 0 Å². The lowest BCUT2D eigenvalue weighted by atomic mass is 10.1. The van der Waals surface area contributed by atoms with Crippen LogP contribution >= 0.6 is 0 Å². The molecule has 3 aromatic carbocycles. The first-order chi connectivity index (χ1) is 12.3. The highest BCUT2D eigenvalue weighted by Gasteiger charge is 2.09. The fraction of sp³-hybridized carbons (Fsp3) is 0.0455. The van der Waals surface area contributed by atoms with Gasteiger partial charge in [0.05, 0.1) is 12.2 Å². The molecule has 1 amide bonds. The number of benzene rings is 3. The largest absolute Gasteiger partial charge is 0.276 e. The fourth-order valence-electron chi connectivity index (χ4n) is 2.27. The van der Waals surface area contributed by atoms with Crippen molar-refractivity contribution < 1.29 is 9.63 Å². The Morgan fingerprint density at radius 1 is 0.800 bits per heavy atom. The van der Waals surface area contributed by atoms with Gasteiger partial charge in [-0.25, -0.2) is 5.48 Å². The summed E-state index contributed by atoms with van der Waals surface area (Å²) in [6, 6.07) is 26.5. The van der Waals surface area contributed by atoms with E-state index in [-0.39, 0.29) is 5.91 Å². The molecule has 0 saturated carbocycles. The summed E-state index contributed by atoms with van der Waals surface area (Å²) in [5.41, 5.74) is 5.51. The Hall–Kier alpha value is -3.35. The summed E-state index contributed by atoms with van der Waals surface area (Å²) >= 11 is 0. The Morgan fingerprint density at radius 2 is 1.44 bits per heavy atom. The first-order valence-electron chi connectivity index (χ1n) is 7.95. The standard InChI is InChI=1S/C22H17NO2/c24-22(23-25-17-19-11-5-2-6-12-19)21-14-8-7-13-20(21)16-15-18-9-3-1-4-10-18/h1-14H,17H2,(H,23,24). The van der Waals surface area contributed by atoms with Gasteiger partial charge in [-0.15, -0.1) is 0 Å². The Balaban J connectivity index is 1.68. The molecule has 0 spiro atoms. The maximum Gasteiger partial charge on any atom is 0.276 e. The summed E-state index contributed by atoms with van der Waals surface area (Å²) in [7, 11) is 0. The van der Waals surface area contributed by atoms with E-state index in [4.69, 9.17) is 4.84 Å². The van der Waals surface area contributed by atoms with Crippen LogP contribution in [0.25, 0.3) is 0 Å². The van der Waals surface area contributed by atoms with Crippen molar-refractivity contribution in [1.29, 1.82) is 0 Å². The van der Waals surface area contributed by atoms with Gasteiger partial charge in [0.2, 0.25) is 0 Å². The van der Waals surface area contributed by atoms with Crippen molar-refractivity contribution in [2.24, 2.45) is 0 Å². The molecule has 1 N–H and O–H groups in total. The molecule has 0 saturated heterocycles. The van der Waals surface area contributed by atoms with Crippen LogP contribution in [0.3, 0.4) is 0 Å². The van der Waals surface area contributed by atoms with Crippen LogP contribution in [-0.4, -0.2) is 5.91 Å². The topological polar surface area (TPSA) is 38.3 Å². The second kappa shape index (κ2) is 8.49. The molecule has 3 rings (SSSR count). The van der Waals surface area contributed by atoms with Gasteiger partial charge >= 0.3 is 0 Å². The number of hydrogen-bond donors (Lipinski definition) is 1. The van der Waals surface area contributed by atoms with E-state index in [9.17, 15) is 4.79 Å². The Bertz CT molecular complexity index is 893. The number of hydroxylamine groups is 1. The van der Waals surface area contributed by atoms with Crippen LogP contribution in [0, 0.1) is 11.8 Å². The van der Waals surface area contributed by atoms with Crippen molar-refractivity contribution in [1.82, 2.24) is 5.48 Å². The maximum absolute atomic E-state index is 12.4. The van der Waals surface area contributed by atoms with Crippen LogP contribution < -0.4 is 5.48 Å². The van der Waals surface area contributed by atoms with Gasteiger partial charge in [0.25, 0.3) is 5.91 Å². The number of rotatable bonds is 4. The molecule has 122 valence electrons. The molecule has 3 heteroatoms. The van der Waals surface area contributed by atoms with E-state index in [2.05, 4.69) is 17.3 Å². The van der Waals surface area contributed by atoms with Crippen LogP contribution in [0.15, 0.2) is 84.9 Å². The van der Waals surface area contributed by atoms with Crippen molar-refractivity contribution in [2.75, 3.05) is 0 Å². The predicted octanol–water partition coefficient (Wildman–Crippen LogP) is 3.95. The highest BCUT2D eigenvalue weighted by atomic mass is 16.6. The zero-order valence-electron chi connectivity index (χ0n) is 13.6. The number of nitrogens with one attached hydrogen (secondary N) is 1. The normalized spacial score (nSPS) is 9.76. The average Bonchev–Trinajstić information content (AvgIpc) is 2.68. The summed E-state index contributed by atoms with van der Waals surface area (Å²) in [4.78, 5) is 17.7. The minimum atomic E-state index is -0.311. The van der Waals surface area contributed by atoms with Crippen LogP contribution in [0.1, 0.15) is 27.0 Å². The SMILES string of the molecule is O=C(NOCc1ccccc1)c1ccccc1C#Cc1ccccc1. The van der Waals surface area contributed by atoms with Crippen molar-refractivity contribution in [3.05, 3.63) is 107 Å². The van der Waals surface area contributed by atoms with Gasteiger partial charge in [0.15, 0.2) is 0 Å². The molecule has 25 heavy (non-hydrogen) atoms. The number of hydrogen-bond acceptors (Lipinski definition) is 2. The van der Waals surface area contributed by atoms with E-state index < -0.39 is 0 Å². The van der Waals surface area contributed by atoms with Crippen LogP contribution in [0.4, 0.5) is 0 Å². The molecular formula is C22H17NO2. The highest BCUT2D eigenvalue weighted by Crippen LogP contribution is 2.08. The molecule has 0 aliphatic heterocycles. The Morgan fingerprint density at radius 3 is 2.20 bits per heavy atom. The zero-order chi connectivity index (χ0) is 17.3. The van der Waals surface area contributed by atoms with Gasteiger partial charge < -0.3 is 0 Å². The summed E-state index contributed by atoms with van der Waals surface area (Å²) in [6.07, 6.45) is 0. The number of amides is 1. The van der Waals surface area contributed by atoms with Crippen LogP contribution in [0.2, 0.25) is 0 Å². The first kappa shape index (κ1) is 16.5. The third kappa shape index (κ3) is 4.81. The highest BCUT2D eigenvalue weighted by molar-refractivity contribution is 5.96. The number of carbonyl (C=O) groups is 1. The molecule has 3 aromatic rings. The third-order valence-electron chi connectivity index (χ3n) is 3.53. The Kier molecular flexibility index (Phi) is 5.60. The van der Waals surface area contributed by atoms with Gasteiger partial charge in [-0.3, -0.25) is 9.63 Å². The number of carbonyl (C=O) groups excluding carboxylic acids is 1. The molecule has 0 unspecified atom stereocenters. The van der Waals surface area contributed by atoms with Gasteiger partial charge in [0.1, 0.15) is 0 Å². The minimum absolute atomic E-state index is 0.310. The summed E-state index contributed by atoms with van der Waals surface area (Å²) in [5, 5.41) is 0. The molecule has 0 aliphatic carbocycles. The van der Waals surface area contributed by atoms with Crippen molar-refractivity contribution in [3.8, 4) is 11.8 Å². The van der Waals surface area contributed by atoms with E-state index in [0.29, 0.717) is 17.7 Å². The van der Waals surface area contributed by atoms with Crippen molar-refractivity contribution in [3.63, 3.8) is 0 Å². The molecule has 0 heterocycles. The fourth-order valence-corrected chi connectivity index (χ4v) is 2.27. The van der Waals surface area contributed by atoms with E-state index in [1.807, 2.05) is 72.8 Å². The third-order valence-corrected chi connectivity index (χ3v) is 3.53. The molecule has 0 atom stereocenters. The van der Waals surface area contributed by atoms with Gasteiger partial charge in [0, 0.05) is 11.1 Å². The van der Waals surface area contributed by atoms with E-state index in [1.165, 1.54) is 0 Å². The lowest BCUT2D eigenvalue weighted by Crippen LogP contribution is -2.24. The summed E-state index contributed by atoms with van der Waals surface area (Å²) in [6.45, 7) is 0.310. The molecule has 0 bridgehead atoms. The van der Waals surface area contributed by atoms with E-state index >= 15 is 0 Å². The summed E-state index contributed by atoms with van der Waals surface area (Å²) in [5.74, 6) is 5.81. The maximum atomic E-state index is 12.4. The van der Waals surface area contributed by atoms with Crippen molar-refractivity contribution in [2.45, 2.75) is 6.61 Å². The van der Waals surface area contributed by atoms with Gasteiger partial charge in [-0.1, -0.05) is 72.5 Å². The minimum Gasteiger partial charge on any atom is -0.269 e. The van der Waals surface area contributed by atoms with Crippen molar-refractivity contribution >= 4 is 5.91 Å². The van der Waals surface area contributed by atoms with E-state index in [0.717, 1.165) is 11.1 Å².